The van der Waals surface area contributed by atoms with Gasteiger partial charge < -0.3 is 16.0 Å². The molecule has 6 rings (SSSR count). The van der Waals surface area contributed by atoms with Gasteiger partial charge in [0.1, 0.15) is 16.9 Å². The number of aromatic nitrogens is 5. The van der Waals surface area contributed by atoms with Crippen molar-refractivity contribution in [1.29, 1.82) is 0 Å². The zero-order valence-corrected chi connectivity index (χ0v) is 21.0. The maximum Gasteiger partial charge on any atom is 0.284 e. The number of para-hydroxylation sites is 1. The molecule has 3 N–H and O–H groups in total. The molecule has 1 aromatic carbocycles. The third-order valence-corrected chi connectivity index (χ3v) is 8.30. The van der Waals surface area contributed by atoms with Gasteiger partial charge in [0.2, 0.25) is 5.95 Å². The van der Waals surface area contributed by atoms with E-state index in [1.54, 1.807) is 16.8 Å². The highest BCUT2D eigenvalue weighted by atomic mass is 35.5. The van der Waals surface area contributed by atoms with Gasteiger partial charge in [-0.15, -0.1) is 5.10 Å². The first-order valence-corrected chi connectivity index (χ1v) is 12.9. The minimum absolute atomic E-state index is 0.117. The van der Waals surface area contributed by atoms with Gasteiger partial charge in [0.25, 0.3) is 11.5 Å². The van der Waals surface area contributed by atoms with Crippen LogP contribution in [0.1, 0.15) is 29.4 Å². The molecular weight excluding hydrogens is 500 g/mol. The molecule has 1 saturated heterocycles. The summed E-state index contributed by atoms with van der Waals surface area (Å²) in [6.07, 6.45) is 3.19. The van der Waals surface area contributed by atoms with E-state index in [0.717, 1.165) is 6.42 Å². The SMILES string of the molecule is CC[C@@H]1CN(c2nc(N)nc3c2C(=O)NCC3)C1Sc1nn2ccc(Cl)c2c(=O)n1-c1ccccc1. The number of benzene rings is 1. The number of hydrogen-bond acceptors (Lipinski definition) is 8. The normalized spacial score (nSPS) is 19.2. The van der Waals surface area contributed by atoms with E-state index in [-0.39, 0.29) is 22.8 Å². The summed E-state index contributed by atoms with van der Waals surface area (Å²) in [7, 11) is 0. The highest BCUT2D eigenvalue weighted by Gasteiger charge is 2.43. The van der Waals surface area contributed by atoms with Crippen LogP contribution in [0, 0.1) is 5.92 Å². The summed E-state index contributed by atoms with van der Waals surface area (Å²) in [6.45, 7) is 3.35. The second-order valence-corrected chi connectivity index (χ2v) is 10.3. The molecule has 1 fully saturated rings. The summed E-state index contributed by atoms with van der Waals surface area (Å²) < 4.78 is 3.11. The minimum Gasteiger partial charge on any atom is -0.368 e. The molecule has 184 valence electrons. The van der Waals surface area contributed by atoms with Gasteiger partial charge >= 0.3 is 0 Å². The molecule has 0 spiro atoms. The maximum absolute atomic E-state index is 13.6. The molecule has 2 atom stereocenters. The predicted octanol–water partition coefficient (Wildman–Crippen LogP) is 2.76. The highest BCUT2D eigenvalue weighted by Crippen LogP contribution is 2.43. The molecule has 36 heavy (non-hydrogen) atoms. The monoisotopic (exact) mass is 522 g/mol. The van der Waals surface area contributed by atoms with Crippen molar-refractivity contribution in [1.82, 2.24) is 29.5 Å². The van der Waals surface area contributed by atoms with Crippen LogP contribution in [0.3, 0.4) is 0 Å². The van der Waals surface area contributed by atoms with Crippen molar-refractivity contribution in [3.05, 3.63) is 69.2 Å². The number of thioether (sulfide) groups is 1. The molecule has 4 aromatic rings. The van der Waals surface area contributed by atoms with Gasteiger partial charge in [0.15, 0.2) is 5.16 Å². The molecule has 0 saturated carbocycles. The third-order valence-electron chi connectivity index (χ3n) is 6.64. The Morgan fingerprint density at radius 1 is 1.19 bits per heavy atom. The van der Waals surface area contributed by atoms with E-state index in [9.17, 15) is 9.59 Å². The first-order chi connectivity index (χ1) is 17.5. The quantitative estimate of drug-likeness (QED) is 0.410. The molecule has 1 unspecified atom stereocenters. The third kappa shape index (κ3) is 3.61. The Morgan fingerprint density at radius 2 is 2.00 bits per heavy atom. The van der Waals surface area contributed by atoms with Crippen LogP contribution in [0.25, 0.3) is 11.2 Å². The van der Waals surface area contributed by atoms with Crippen LogP contribution in [0.4, 0.5) is 11.8 Å². The van der Waals surface area contributed by atoms with E-state index in [4.69, 9.17) is 22.4 Å². The number of nitrogens with zero attached hydrogens (tertiary/aromatic N) is 6. The van der Waals surface area contributed by atoms with Gasteiger partial charge in [0, 0.05) is 31.6 Å². The average molecular weight is 523 g/mol. The molecule has 0 radical (unpaired) electrons. The van der Waals surface area contributed by atoms with E-state index in [1.807, 2.05) is 30.3 Å². The molecule has 3 aromatic heterocycles. The molecule has 0 aliphatic carbocycles. The number of nitrogen functional groups attached to an aromatic ring is 1. The van der Waals surface area contributed by atoms with Crippen molar-refractivity contribution in [2.45, 2.75) is 30.3 Å². The van der Waals surface area contributed by atoms with Crippen LogP contribution in [0.5, 0.6) is 0 Å². The summed E-state index contributed by atoms with van der Waals surface area (Å²) in [4.78, 5) is 37.2. The molecule has 12 heteroatoms. The lowest BCUT2D eigenvalue weighted by Gasteiger charge is -2.48. The fourth-order valence-electron chi connectivity index (χ4n) is 4.78. The zero-order chi connectivity index (χ0) is 25.0. The number of fused-ring (bicyclic) bond motifs is 2. The number of nitrogens with one attached hydrogen (secondary N) is 1. The van der Waals surface area contributed by atoms with E-state index >= 15 is 0 Å². The number of halogens is 1. The van der Waals surface area contributed by atoms with E-state index < -0.39 is 0 Å². The smallest absolute Gasteiger partial charge is 0.284 e. The lowest BCUT2D eigenvalue weighted by molar-refractivity contribution is 0.0944. The van der Waals surface area contributed by atoms with E-state index in [0.29, 0.717) is 63.9 Å². The first-order valence-electron chi connectivity index (χ1n) is 11.7. The number of carbonyl (C=O) groups is 1. The minimum atomic E-state index is -0.254. The number of amides is 1. The number of rotatable bonds is 5. The Hall–Kier alpha value is -3.57. The maximum atomic E-state index is 13.6. The Labute approximate surface area is 215 Å². The average Bonchev–Trinajstić information content (AvgIpc) is 3.23. The Balaban J connectivity index is 1.47. The zero-order valence-electron chi connectivity index (χ0n) is 19.4. The van der Waals surface area contributed by atoms with Crippen molar-refractivity contribution in [2.24, 2.45) is 5.92 Å². The lowest BCUT2D eigenvalue weighted by Crippen LogP contribution is -2.56. The lowest BCUT2D eigenvalue weighted by atomic mass is 9.95. The van der Waals surface area contributed by atoms with Gasteiger partial charge in [-0.05, 0) is 24.6 Å². The molecule has 0 bridgehead atoms. The van der Waals surface area contributed by atoms with Crippen LogP contribution in [0.2, 0.25) is 5.02 Å². The van der Waals surface area contributed by atoms with Crippen molar-refractivity contribution in [3.63, 3.8) is 0 Å². The second-order valence-electron chi connectivity index (χ2n) is 8.78. The van der Waals surface area contributed by atoms with Crippen LogP contribution in [-0.4, -0.2) is 48.5 Å². The Kier molecular flexibility index (Phi) is 5.60. The molecule has 2 aliphatic rings. The van der Waals surface area contributed by atoms with E-state index in [2.05, 4.69) is 27.1 Å². The molecule has 1 amide bonds. The molecule has 5 heterocycles. The van der Waals surface area contributed by atoms with Gasteiger partial charge in [0.05, 0.1) is 21.8 Å². The number of hydrogen-bond donors (Lipinski definition) is 2. The Bertz CT molecular complexity index is 1550. The van der Waals surface area contributed by atoms with Crippen molar-refractivity contribution < 1.29 is 4.79 Å². The van der Waals surface area contributed by atoms with Crippen molar-refractivity contribution in [3.8, 4) is 5.69 Å². The number of anilines is 2. The first kappa shape index (κ1) is 22.9. The highest BCUT2D eigenvalue weighted by molar-refractivity contribution is 8.00. The van der Waals surface area contributed by atoms with Crippen LogP contribution in [-0.2, 0) is 6.42 Å². The largest absolute Gasteiger partial charge is 0.368 e. The summed E-state index contributed by atoms with van der Waals surface area (Å²) in [6, 6.07) is 11.0. The predicted molar refractivity (Wildman–Crippen MR) is 139 cm³/mol. The fraction of sp³-hybridized carbons (Fsp3) is 0.292. The van der Waals surface area contributed by atoms with Crippen LogP contribution < -0.4 is 21.5 Å². The molecule has 10 nitrogen and oxygen atoms in total. The van der Waals surface area contributed by atoms with Crippen LogP contribution >= 0.6 is 23.4 Å². The van der Waals surface area contributed by atoms with Crippen molar-refractivity contribution >= 4 is 46.6 Å². The van der Waals surface area contributed by atoms with Gasteiger partial charge in [-0.2, -0.15) is 4.98 Å². The van der Waals surface area contributed by atoms with E-state index in [1.165, 1.54) is 16.3 Å². The second kappa shape index (κ2) is 8.82. The summed E-state index contributed by atoms with van der Waals surface area (Å²) in [5.41, 5.74) is 7.92. The number of nitrogens with two attached hydrogens (primary N) is 1. The standard InChI is InChI=1S/C24H23ClN8O2S/c1-2-13-12-31(19-17-16(28-23(26)29-19)8-10-27-20(17)34)22(13)36-24-30-32-11-9-15(25)18(32)21(35)33(24)14-6-4-3-5-7-14/h3-7,9,11,13,22H,2,8,10,12H2,1H3,(H,27,34)(H2,26,28,29)/t13-,22?/m1/s1. The van der Waals surface area contributed by atoms with Gasteiger partial charge in [-0.1, -0.05) is 48.5 Å². The molecular formula is C24H23ClN8O2S. The van der Waals surface area contributed by atoms with Gasteiger partial charge in [-0.25, -0.2) is 9.50 Å². The number of carbonyl (C=O) groups excluding carboxylic acids is 1. The summed E-state index contributed by atoms with van der Waals surface area (Å²) in [5.74, 6) is 0.761. The van der Waals surface area contributed by atoms with Gasteiger partial charge in [-0.3, -0.25) is 14.2 Å². The fourth-order valence-corrected chi connectivity index (χ4v) is 6.43. The van der Waals surface area contributed by atoms with Crippen LogP contribution in [0.15, 0.2) is 52.5 Å². The topological polar surface area (TPSA) is 123 Å². The van der Waals surface area contributed by atoms with Crippen molar-refractivity contribution in [2.75, 3.05) is 23.7 Å². The Morgan fingerprint density at radius 3 is 2.78 bits per heavy atom. The summed E-state index contributed by atoms with van der Waals surface area (Å²) >= 11 is 7.79. The molecule has 2 aliphatic heterocycles. The summed E-state index contributed by atoms with van der Waals surface area (Å²) in [5, 5.41) is 8.39.